The number of nitrogens with zero attached hydrogens (tertiary/aromatic N) is 1. The molecule has 2 aromatic rings. The van der Waals surface area contributed by atoms with E-state index in [9.17, 15) is 0 Å². The van der Waals surface area contributed by atoms with Crippen LogP contribution in [0.15, 0.2) is 47.5 Å². The largest absolute Gasteiger partial charge is 0.486 e. The van der Waals surface area contributed by atoms with E-state index >= 15 is 0 Å². The molecule has 0 saturated carbocycles. The first-order valence-electron chi connectivity index (χ1n) is 5.51. The lowest BCUT2D eigenvalue weighted by Crippen LogP contribution is -2.08. The second kappa shape index (κ2) is 6.28. The summed E-state index contributed by atoms with van der Waals surface area (Å²) in [5.74, 6) is 6.22. The Morgan fingerprint density at radius 3 is 2.94 bits per heavy atom. The highest BCUT2D eigenvalue weighted by Gasteiger charge is 2.03. The Morgan fingerprint density at radius 2 is 2.17 bits per heavy atom. The maximum absolute atomic E-state index is 5.76. The van der Waals surface area contributed by atoms with Gasteiger partial charge in [0, 0.05) is 11.1 Å². The van der Waals surface area contributed by atoms with Gasteiger partial charge >= 0.3 is 0 Å². The van der Waals surface area contributed by atoms with Crippen LogP contribution in [0.2, 0.25) is 0 Å². The fourth-order valence-electron chi connectivity index (χ4n) is 1.54. The summed E-state index contributed by atoms with van der Waals surface area (Å²) in [6.07, 6.45) is 3.73. The number of anilines is 1. The number of nitrogen functional groups attached to an aromatic ring is 1. The van der Waals surface area contributed by atoms with Crippen LogP contribution in [-0.2, 0) is 6.61 Å². The van der Waals surface area contributed by atoms with E-state index in [1.165, 1.54) is 0 Å². The summed E-state index contributed by atoms with van der Waals surface area (Å²) in [5, 5.41) is 0. The van der Waals surface area contributed by atoms with Gasteiger partial charge in [0.2, 0.25) is 0 Å². The van der Waals surface area contributed by atoms with Crippen molar-refractivity contribution in [2.75, 3.05) is 11.7 Å². The van der Waals surface area contributed by atoms with Crippen molar-refractivity contribution in [1.82, 2.24) is 4.98 Å². The van der Waals surface area contributed by atoms with Crippen LogP contribution in [0.1, 0.15) is 5.69 Å². The molecule has 0 aliphatic rings. The highest BCUT2D eigenvalue weighted by molar-refractivity contribution is 7.98. The van der Waals surface area contributed by atoms with Crippen LogP contribution >= 0.6 is 11.8 Å². The molecule has 18 heavy (non-hydrogen) atoms. The third-order valence-corrected chi connectivity index (χ3v) is 3.20. The third-order valence-electron chi connectivity index (χ3n) is 2.43. The highest BCUT2D eigenvalue weighted by Crippen LogP contribution is 2.27. The first kappa shape index (κ1) is 12.7. The van der Waals surface area contributed by atoms with Gasteiger partial charge in [-0.25, -0.2) is 0 Å². The van der Waals surface area contributed by atoms with Crippen LogP contribution in [-0.4, -0.2) is 11.2 Å². The number of para-hydroxylation sites is 1. The second-order valence-electron chi connectivity index (χ2n) is 3.62. The maximum Gasteiger partial charge on any atom is 0.133 e. The molecule has 1 heterocycles. The van der Waals surface area contributed by atoms with Gasteiger partial charge in [-0.15, -0.1) is 11.8 Å². The molecule has 1 aromatic carbocycles. The molecule has 0 bridgehead atoms. The van der Waals surface area contributed by atoms with E-state index in [4.69, 9.17) is 10.6 Å². The zero-order valence-electron chi connectivity index (χ0n) is 10.1. The minimum atomic E-state index is 0.424. The number of pyridine rings is 1. The third kappa shape index (κ3) is 3.15. The molecule has 0 spiro atoms. The second-order valence-corrected chi connectivity index (χ2v) is 4.47. The number of benzene rings is 1. The molecule has 4 nitrogen and oxygen atoms in total. The van der Waals surface area contributed by atoms with E-state index in [1.54, 1.807) is 24.0 Å². The first-order chi connectivity index (χ1) is 8.83. The lowest BCUT2D eigenvalue weighted by molar-refractivity contribution is 0.294. The fourth-order valence-corrected chi connectivity index (χ4v) is 2.08. The van der Waals surface area contributed by atoms with Crippen LogP contribution < -0.4 is 16.0 Å². The Balaban J connectivity index is 2.06. The molecule has 0 radical (unpaired) electrons. The van der Waals surface area contributed by atoms with Crippen molar-refractivity contribution in [3.63, 3.8) is 0 Å². The number of hydrazine groups is 1. The lowest BCUT2D eigenvalue weighted by Gasteiger charge is -2.09. The van der Waals surface area contributed by atoms with Crippen LogP contribution in [0.3, 0.4) is 0 Å². The monoisotopic (exact) mass is 261 g/mol. The minimum Gasteiger partial charge on any atom is -0.486 e. The number of nitrogens with one attached hydrogen (secondary N) is 1. The number of ether oxygens (including phenoxy) is 1. The van der Waals surface area contributed by atoms with Crippen LogP contribution in [0, 0.1) is 0 Å². The Bertz CT molecular complexity index is 519. The van der Waals surface area contributed by atoms with E-state index < -0.39 is 0 Å². The lowest BCUT2D eigenvalue weighted by atomic mass is 10.3. The number of nitrogens with two attached hydrogens (primary N) is 1. The number of thioether (sulfide) groups is 1. The van der Waals surface area contributed by atoms with E-state index in [2.05, 4.69) is 10.4 Å². The fraction of sp³-hybridized carbons (Fsp3) is 0.154. The van der Waals surface area contributed by atoms with Gasteiger partial charge in [-0.1, -0.05) is 12.1 Å². The zero-order chi connectivity index (χ0) is 12.8. The molecule has 0 fully saturated rings. The van der Waals surface area contributed by atoms with Gasteiger partial charge in [-0.3, -0.25) is 10.8 Å². The van der Waals surface area contributed by atoms with E-state index in [1.807, 2.05) is 36.6 Å². The zero-order valence-corrected chi connectivity index (χ0v) is 10.9. The molecule has 0 atom stereocenters. The molecule has 0 amide bonds. The molecule has 0 saturated heterocycles. The van der Waals surface area contributed by atoms with Gasteiger partial charge < -0.3 is 10.2 Å². The average Bonchev–Trinajstić information content (AvgIpc) is 2.45. The Kier molecular flexibility index (Phi) is 4.44. The van der Waals surface area contributed by atoms with E-state index in [0.29, 0.717) is 6.61 Å². The Hall–Kier alpha value is -1.72. The van der Waals surface area contributed by atoms with Gasteiger partial charge in [-0.2, -0.15) is 0 Å². The molecule has 94 valence electrons. The average molecular weight is 261 g/mol. The van der Waals surface area contributed by atoms with Crippen LogP contribution in [0.5, 0.6) is 5.75 Å². The highest BCUT2D eigenvalue weighted by atomic mass is 32.2. The summed E-state index contributed by atoms with van der Waals surface area (Å²) >= 11 is 1.66. The van der Waals surface area contributed by atoms with Crippen molar-refractivity contribution >= 4 is 17.4 Å². The summed E-state index contributed by atoms with van der Waals surface area (Å²) < 4.78 is 5.76. The van der Waals surface area contributed by atoms with Crippen molar-refractivity contribution in [1.29, 1.82) is 0 Å². The predicted octanol–water partition coefficient (Wildman–Crippen LogP) is 2.67. The predicted molar refractivity (Wildman–Crippen MR) is 74.6 cm³/mol. The van der Waals surface area contributed by atoms with E-state index in [0.717, 1.165) is 22.0 Å². The number of aromatic nitrogens is 1. The number of rotatable bonds is 5. The first-order valence-corrected chi connectivity index (χ1v) is 6.73. The smallest absolute Gasteiger partial charge is 0.133 e. The van der Waals surface area contributed by atoms with Gasteiger partial charge in [0.15, 0.2) is 0 Å². The molecule has 2 rings (SSSR count). The molecular weight excluding hydrogens is 246 g/mol. The molecule has 0 unspecified atom stereocenters. The normalized spacial score (nSPS) is 10.1. The van der Waals surface area contributed by atoms with Gasteiger partial charge in [0.05, 0.1) is 11.4 Å². The summed E-state index contributed by atoms with van der Waals surface area (Å²) in [6, 6.07) is 11.6. The van der Waals surface area contributed by atoms with Gasteiger partial charge in [0.1, 0.15) is 12.4 Å². The molecule has 1 aromatic heterocycles. The molecule has 3 N–H and O–H groups in total. The van der Waals surface area contributed by atoms with Crippen molar-refractivity contribution in [3.8, 4) is 5.75 Å². The minimum absolute atomic E-state index is 0.424. The Morgan fingerprint density at radius 1 is 1.33 bits per heavy atom. The maximum atomic E-state index is 5.76. The summed E-state index contributed by atoms with van der Waals surface area (Å²) in [4.78, 5) is 5.35. The summed E-state index contributed by atoms with van der Waals surface area (Å²) in [7, 11) is 0. The molecule has 5 heteroatoms. The standard InChI is InChI=1S/C13H15N3OS/c1-18-13-5-3-2-4-12(13)17-9-11-8-10(16-14)6-7-15-11/h2-8H,9,14H2,1H3,(H,15,16). The van der Waals surface area contributed by atoms with Crippen LogP contribution in [0.25, 0.3) is 0 Å². The number of hydrogen-bond donors (Lipinski definition) is 2. The van der Waals surface area contributed by atoms with Crippen molar-refractivity contribution < 1.29 is 4.74 Å². The summed E-state index contributed by atoms with van der Waals surface area (Å²) in [6.45, 7) is 0.424. The number of hydrogen-bond acceptors (Lipinski definition) is 5. The van der Waals surface area contributed by atoms with Crippen LogP contribution in [0.4, 0.5) is 5.69 Å². The quantitative estimate of drug-likeness (QED) is 0.492. The van der Waals surface area contributed by atoms with Crippen molar-refractivity contribution in [2.45, 2.75) is 11.5 Å². The molecule has 0 aliphatic carbocycles. The Labute approximate surface area is 111 Å². The van der Waals surface area contributed by atoms with E-state index in [-0.39, 0.29) is 0 Å². The topological polar surface area (TPSA) is 60.2 Å². The van der Waals surface area contributed by atoms with Gasteiger partial charge in [0.25, 0.3) is 0 Å². The van der Waals surface area contributed by atoms with Crippen molar-refractivity contribution in [3.05, 3.63) is 48.3 Å². The van der Waals surface area contributed by atoms with Gasteiger partial charge in [-0.05, 0) is 30.5 Å². The SMILES string of the molecule is CSc1ccccc1OCc1cc(NN)ccn1. The van der Waals surface area contributed by atoms with Crippen molar-refractivity contribution in [2.24, 2.45) is 5.84 Å². The summed E-state index contributed by atoms with van der Waals surface area (Å²) in [5.41, 5.74) is 4.24. The molecular formula is C13H15N3OS. The molecule has 0 aliphatic heterocycles.